The van der Waals surface area contributed by atoms with Gasteiger partial charge in [-0.2, -0.15) is 5.10 Å². The quantitative estimate of drug-likeness (QED) is 0.772. The number of fused-ring (bicyclic) bond motifs is 1. The van der Waals surface area contributed by atoms with E-state index in [2.05, 4.69) is 20.3 Å². The highest BCUT2D eigenvalue weighted by Gasteiger charge is 2.31. The van der Waals surface area contributed by atoms with Crippen molar-refractivity contribution in [3.8, 4) is 0 Å². The molecule has 5 rings (SSSR count). The summed E-state index contributed by atoms with van der Waals surface area (Å²) in [6.07, 6.45) is 13.1. The molecule has 1 N–H and O–H groups in total. The number of aromatic nitrogens is 4. The summed E-state index contributed by atoms with van der Waals surface area (Å²) in [7, 11) is 0. The molecule has 1 unspecified atom stereocenters. The Morgan fingerprint density at radius 3 is 2.62 bits per heavy atom. The van der Waals surface area contributed by atoms with Crippen molar-refractivity contribution in [2.45, 2.75) is 83.0 Å². The van der Waals surface area contributed by atoms with Crippen molar-refractivity contribution in [1.29, 1.82) is 0 Å². The lowest BCUT2D eigenvalue weighted by atomic mass is 9.94. The zero-order chi connectivity index (χ0) is 21.9. The molecular weight excluding hydrogens is 404 g/mol. The third-order valence-corrected chi connectivity index (χ3v) is 7.56. The first-order valence-electron chi connectivity index (χ1n) is 12.3. The van der Waals surface area contributed by atoms with Gasteiger partial charge in [0, 0.05) is 43.4 Å². The lowest BCUT2D eigenvalue weighted by Gasteiger charge is -2.35. The van der Waals surface area contributed by atoms with E-state index in [1.54, 1.807) is 17.0 Å². The lowest BCUT2D eigenvalue weighted by molar-refractivity contribution is -0.127. The third-order valence-electron chi connectivity index (χ3n) is 7.56. The molecule has 4 heterocycles. The van der Waals surface area contributed by atoms with Crippen LogP contribution in [0.25, 0.3) is 0 Å². The van der Waals surface area contributed by atoms with Gasteiger partial charge in [-0.25, -0.2) is 9.48 Å². The number of rotatable bonds is 5. The molecule has 3 aliphatic rings. The van der Waals surface area contributed by atoms with Crippen LogP contribution in [0, 0.1) is 5.92 Å². The fourth-order valence-corrected chi connectivity index (χ4v) is 5.66. The molecule has 2 aliphatic heterocycles. The van der Waals surface area contributed by atoms with E-state index in [4.69, 9.17) is 0 Å². The molecule has 1 amide bonds. The number of pyridine rings is 1. The number of amides is 1. The molecule has 1 saturated carbocycles. The minimum Gasteiger partial charge on any atom is -0.353 e. The Labute approximate surface area is 189 Å². The van der Waals surface area contributed by atoms with Crippen LogP contribution in [0.5, 0.6) is 0 Å². The first-order chi connectivity index (χ1) is 15.7. The average Bonchev–Trinajstić information content (AvgIpc) is 3.40. The number of aryl methyl sites for hydroxylation is 1. The Balaban J connectivity index is 1.13. The number of carbonyl (C=O) groups excluding carboxylic acids is 1. The molecule has 0 bridgehead atoms. The van der Waals surface area contributed by atoms with E-state index in [0.717, 1.165) is 56.2 Å². The van der Waals surface area contributed by atoms with Crippen LogP contribution in [-0.4, -0.2) is 55.3 Å². The van der Waals surface area contributed by atoms with Crippen molar-refractivity contribution in [1.82, 2.24) is 29.5 Å². The molecule has 1 saturated heterocycles. The minimum absolute atomic E-state index is 0.0740. The standard InChI is InChI=1S/C24H34N6O2/c31-23(19-9-13-28(14-10-19)21-5-1-2-6-21)26-20-7-8-22-27-30(24(32)29(22)15-11-20)17-18-4-3-12-25-16-18/h3-4,12,16,19-21H,1-2,5-11,13-15,17H2,(H,26,31). The zero-order valence-electron chi connectivity index (χ0n) is 18.8. The van der Waals surface area contributed by atoms with Gasteiger partial charge in [-0.3, -0.25) is 14.3 Å². The van der Waals surface area contributed by atoms with Gasteiger partial charge in [0.15, 0.2) is 0 Å². The van der Waals surface area contributed by atoms with Crippen molar-refractivity contribution in [2.75, 3.05) is 13.1 Å². The van der Waals surface area contributed by atoms with Gasteiger partial charge in [-0.1, -0.05) is 18.9 Å². The van der Waals surface area contributed by atoms with Gasteiger partial charge in [0.05, 0.1) is 6.54 Å². The van der Waals surface area contributed by atoms with Crippen LogP contribution in [0.4, 0.5) is 0 Å². The predicted molar refractivity (Wildman–Crippen MR) is 121 cm³/mol. The monoisotopic (exact) mass is 438 g/mol. The fraction of sp³-hybridized carbons (Fsp3) is 0.667. The van der Waals surface area contributed by atoms with Crippen LogP contribution < -0.4 is 11.0 Å². The van der Waals surface area contributed by atoms with Crippen LogP contribution in [-0.2, 0) is 24.3 Å². The Bertz CT molecular complexity index is 970. The molecule has 1 atom stereocenters. The first-order valence-corrected chi connectivity index (χ1v) is 12.3. The highest BCUT2D eigenvalue weighted by molar-refractivity contribution is 5.79. The molecule has 1 aliphatic carbocycles. The molecule has 2 aromatic heterocycles. The van der Waals surface area contributed by atoms with Gasteiger partial charge < -0.3 is 10.2 Å². The van der Waals surface area contributed by atoms with Crippen LogP contribution in [0.3, 0.4) is 0 Å². The molecule has 8 heteroatoms. The van der Waals surface area contributed by atoms with Gasteiger partial charge >= 0.3 is 5.69 Å². The van der Waals surface area contributed by atoms with Gasteiger partial charge in [0.25, 0.3) is 0 Å². The zero-order valence-corrected chi connectivity index (χ0v) is 18.8. The Kier molecular flexibility index (Phi) is 6.39. The number of carbonyl (C=O) groups is 1. The summed E-state index contributed by atoms with van der Waals surface area (Å²) in [6.45, 7) is 3.15. The molecule has 32 heavy (non-hydrogen) atoms. The van der Waals surface area contributed by atoms with Crippen molar-refractivity contribution < 1.29 is 4.79 Å². The van der Waals surface area contributed by atoms with Gasteiger partial charge in [-0.15, -0.1) is 0 Å². The second-order valence-corrected chi connectivity index (χ2v) is 9.65. The normalized spacial score (nSPS) is 23.1. The summed E-state index contributed by atoms with van der Waals surface area (Å²) in [6, 6.07) is 4.69. The molecular formula is C24H34N6O2. The number of hydrogen-bond donors (Lipinski definition) is 1. The van der Waals surface area contributed by atoms with E-state index in [0.29, 0.717) is 19.5 Å². The lowest BCUT2D eigenvalue weighted by Crippen LogP contribution is -2.46. The molecule has 172 valence electrons. The Morgan fingerprint density at radius 1 is 1.06 bits per heavy atom. The van der Waals surface area contributed by atoms with Crippen molar-refractivity contribution in [3.05, 3.63) is 46.4 Å². The van der Waals surface area contributed by atoms with Gasteiger partial charge in [0.2, 0.25) is 5.91 Å². The summed E-state index contributed by atoms with van der Waals surface area (Å²) in [5, 5.41) is 7.87. The van der Waals surface area contributed by atoms with Crippen molar-refractivity contribution in [2.24, 2.45) is 5.92 Å². The van der Waals surface area contributed by atoms with Crippen LogP contribution in [0.15, 0.2) is 29.3 Å². The molecule has 0 spiro atoms. The molecule has 2 aromatic rings. The minimum atomic E-state index is -0.0740. The smallest absolute Gasteiger partial charge is 0.346 e. The number of hydrogen-bond acceptors (Lipinski definition) is 5. The first kappa shape index (κ1) is 21.4. The second kappa shape index (κ2) is 9.57. The highest BCUT2D eigenvalue weighted by Crippen LogP contribution is 2.28. The maximum atomic E-state index is 12.9. The fourth-order valence-electron chi connectivity index (χ4n) is 5.66. The topological polar surface area (TPSA) is 85.0 Å². The second-order valence-electron chi connectivity index (χ2n) is 9.65. The van der Waals surface area contributed by atoms with E-state index in [-0.39, 0.29) is 23.6 Å². The molecule has 2 fully saturated rings. The highest BCUT2D eigenvalue weighted by atomic mass is 16.2. The number of likely N-dealkylation sites (tertiary alicyclic amines) is 1. The van der Waals surface area contributed by atoms with Gasteiger partial charge in [-0.05, 0) is 63.2 Å². The van der Waals surface area contributed by atoms with E-state index in [9.17, 15) is 9.59 Å². The summed E-state index contributed by atoms with van der Waals surface area (Å²) in [5.74, 6) is 1.15. The largest absolute Gasteiger partial charge is 0.353 e. The van der Waals surface area contributed by atoms with Crippen LogP contribution in [0.2, 0.25) is 0 Å². The van der Waals surface area contributed by atoms with E-state index in [1.165, 1.54) is 30.4 Å². The number of piperidine rings is 1. The molecule has 0 radical (unpaired) electrons. The molecule has 8 nitrogen and oxygen atoms in total. The maximum absolute atomic E-state index is 12.9. The van der Waals surface area contributed by atoms with Crippen molar-refractivity contribution >= 4 is 5.91 Å². The molecule has 0 aromatic carbocycles. The number of nitrogens with one attached hydrogen (secondary N) is 1. The van der Waals surface area contributed by atoms with Gasteiger partial charge in [0.1, 0.15) is 5.82 Å². The Hall–Kier alpha value is -2.48. The van der Waals surface area contributed by atoms with Crippen LogP contribution >= 0.6 is 0 Å². The summed E-state index contributed by atoms with van der Waals surface area (Å²) in [4.78, 5) is 32.5. The van der Waals surface area contributed by atoms with E-state index < -0.39 is 0 Å². The maximum Gasteiger partial charge on any atom is 0.346 e. The van der Waals surface area contributed by atoms with Crippen molar-refractivity contribution in [3.63, 3.8) is 0 Å². The van der Waals surface area contributed by atoms with E-state index >= 15 is 0 Å². The third kappa shape index (κ3) is 4.65. The average molecular weight is 439 g/mol. The predicted octanol–water partition coefficient (Wildman–Crippen LogP) is 1.96. The summed E-state index contributed by atoms with van der Waals surface area (Å²) < 4.78 is 3.31. The number of nitrogens with zero attached hydrogens (tertiary/aromatic N) is 5. The SMILES string of the molecule is O=C(NC1CCc2nn(Cc3cccnc3)c(=O)n2CC1)C1CCN(C2CCCC2)CC1. The van der Waals surface area contributed by atoms with Crippen LogP contribution in [0.1, 0.15) is 62.8 Å². The van der Waals surface area contributed by atoms with E-state index in [1.807, 2.05) is 12.1 Å². The summed E-state index contributed by atoms with van der Waals surface area (Å²) in [5.41, 5.74) is 0.891. The summed E-state index contributed by atoms with van der Waals surface area (Å²) >= 11 is 0. The Morgan fingerprint density at radius 2 is 1.88 bits per heavy atom.